The van der Waals surface area contributed by atoms with Gasteiger partial charge in [-0.2, -0.15) is 0 Å². The van der Waals surface area contributed by atoms with Crippen molar-refractivity contribution in [1.29, 1.82) is 0 Å². The summed E-state index contributed by atoms with van der Waals surface area (Å²) in [6, 6.07) is 7.89. The number of amides is 1. The van der Waals surface area contributed by atoms with E-state index in [2.05, 4.69) is 21.2 Å². The predicted octanol–water partition coefficient (Wildman–Crippen LogP) is 2.16. The Bertz CT molecular complexity index is 439. The fourth-order valence-corrected chi connectivity index (χ4v) is 2.41. The Morgan fingerprint density at radius 2 is 2.25 bits per heavy atom. The summed E-state index contributed by atoms with van der Waals surface area (Å²) in [7, 11) is 0. The summed E-state index contributed by atoms with van der Waals surface area (Å²) in [5, 5.41) is 3.79. The Kier molecular flexibility index (Phi) is 6.33. The zero-order chi connectivity index (χ0) is 14.2. The van der Waals surface area contributed by atoms with Crippen LogP contribution in [0.15, 0.2) is 24.3 Å². The first-order valence-corrected chi connectivity index (χ1v) is 8.05. The number of benzene rings is 1. The SMILES string of the molecule is O=C(NCCCOCCBr)C1COc2ccccc2C1. The molecule has 0 spiro atoms. The van der Waals surface area contributed by atoms with Gasteiger partial charge in [-0.05, 0) is 24.5 Å². The third-order valence-corrected chi connectivity index (χ3v) is 3.56. The van der Waals surface area contributed by atoms with Crippen molar-refractivity contribution in [2.24, 2.45) is 5.92 Å². The summed E-state index contributed by atoms with van der Waals surface area (Å²) in [5.74, 6) is 0.882. The molecule has 0 aromatic heterocycles. The average molecular weight is 342 g/mol. The molecule has 0 bridgehead atoms. The molecule has 0 aliphatic carbocycles. The minimum absolute atomic E-state index is 0.0694. The van der Waals surface area contributed by atoms with Gasteiger partial charge in [-0.25, -0.2) is 0 Å². The number of ether oxygens (including phenoxy) is 2. The highest BCUT2D eigenvalue weighted by molar-refractivity contribution is 9.09. The van der Waals surface area contributed by atoms with Crippen LogP contribution in [0.4, 0.5) is 0 Å². The van der Waals surface area contributed by atoms with Gasteiger partial charge in [-0.1, -0.05) is 34.1 Å². The smallest absolute Gasteiger partial charge is 0.226 e. The molecule has 1 N–H and O–H groups in total. The molecule has 0 radical (unpaired) electrons. The number of halogens is 1. The summed E-state index contributed by atoms with van der Waals surface area (Å²) in [4.78, 5) is 12.1. The zero-order valence-electron chi connectivity index (χ0n) is 11.4. The fraction of sp³-hybridized carbons (Fsp3) is 0.533. The lowest BCUT2D eigenvalue weighted by molar-refractivity contribution is -0.126. The Hall–Kier alpha value is -1.07. The molecule has 1 heterocycles. The number of hydrogen-bond donors (Lipinski definition) is 1. The molecule has 110 valence electrons. The Morgan fingerprint density at radius 3 is 3.10 bits per heavy atom. The normalized spacial score (nSPS) is 17.1. The highest BCUT2D eigenvalue weighted by Gasteiger charge is 2.25. The van der Waals surface area contributed by atoms with Crippen molar-refractivity contribution < 1.29 is 14.3 Å². The molecular weight excluding hydrogens is 322 g/mol. The number of para-hydroxylation sites is 1. The highest BCUT2D eigenvalue weighted by atomic mass is 79.9. The van der Waals surface area contributed by atoms with Crippen LogP contribution >= 0.6 is 15.9 Å². The number of nitrogens with one attached hydrogen (secondary N) is 1. The van der Waals surface area contributed by atoms with E-state index in [9.17, 15) is 4.79 Å². The van der Waals surface area contributed by atoms with Crippen molar-refractivity contribution in [1.82, 2.24) is 5.32 Å². The number of hydrogen-bond acceptors (Lipinski definition) is 3. The van der Waals surface area contributed by atoms with Crippen molar-refractivity contribution >= 4 is 21.8 Å². The van der Waals surface area contributed by atoms with Gasteiger partial charge in [-0.3, -0.25) is 4.79 Å². The average Bonchev–Trinajstić information content (AvgIpc) is 2.50. The maximum Gasteiger partial charge on any atom is 0.226 e. The molecule has 1 aromatic rings. The third kappa shape index (κ3) is 4.49. The molecule has 2 rings (SSSR count). The van der Waals surface area contributed by atoms with Gasteiger partial charge in [0.1, 0.15) is 12.4 Å². The van der Waals surface area contributed by atoms with Crippen LogP contribution in [0.3, 0.4) is 0 Å². The standard InChI is InChI=1S/C15H20BrNO3/c16-6-9-19-8-3-7-17-15(18)13-10-12-4-1-2-5-14(12)20-11-13/h1-2,4-5,13H,3,6-11H2,(H,17,18). The van der Waals surface area contributed by atoms with E-state index in [-0.39, 0.29) is 11.8 Å². The number of rotatable bonds is 7. The Morgan fingerprint density at radius 1 is 1.40 bits per heavy atom. The van der Waals surface area contributed by atoms with Crippen LogP contribution in [0.25, 0.3) is 0 Å². The molecule has 0 saturated carbocycles. The van der Waals surface area contributed by atoms with Gasteiger partial charge in [0.05, 0.1) is 12.5 Å². The van der Waals surface area contributed by atoms with E-state index in [4.69, 9.17) is 9.47 Å². The van der Waals surface area contributed by atoms with Crippen molar-refractivity contribution in [2.45, 2.75) is 12.8 Å². The first-order valence-electron chi connectivity index (χ1n) is 6.93. The van der Waals surface area contributed by atoms with Gasteiger partial charge < -0.3 is 14.8 Å². The van der Waals surface area contributed by atoms with Gasteiger partial charge in [0.2, 0.25) is 5.91 Å². The lowest BCUT2D eigenvalue weighted by atomic mass is 9.96. The van der Waals surface area contributed by atoms with Crippen LogP contribution in [0.5, 0.6) is 5.75 Å². The third-order valence-electron chi connectivity index (χ3n) is 3.24. The van der Waals surface area contributed by atoms with E-state index in [1.807, 2.05) is 24.3 Å². The maximum absolute atomic E-state index is 12.1. The number of fused-ring (bicyclic) bond motifs is 1. The molecule has 1 aliphatic heterocycles. The van der Waals surface area contributed by atoms with Crippen molar-refractivity contribution in [2.75, 3.05) is 31.7 Å². The van der Waals surface area contributed by atoms with Gasteiger partial charge in [0.25, 0.3) is 0 Å². The second-order valence-corrected chi connectivity index (χ2v) is 5.56. The van der Waals surface area contributed by atoms with E-state index in [1.165, 1.54) is 0 Å². The maximum atomic E-state index is 12.1. The van der Waals surface area contributed by atoms with E-state index >= 15 is 0 Å². The molecule has 0 fully saturated rings. The Labute approximate surface area is 128 Å². The van der Waals surface area contributed by atoms with E-state index in [0.29, 0.717) is 26.4 Å². The molecule has 1 aromatic carbocycles. The molecular formula is C15H20BrNO3. The van der Waals surface area contributed by atoms with Crippen LogP contribution in [0.1, 0.15) is 12.0 Å². The highest BCUT2D eigenvalue weighted by Crippen LogP contribution is 2.26. The molecule has 1 unspecified atom stereocenters. The molecule has 4 nitrogen and oxygen atoms in total. The Balaban J connectivity index is 1.69. The number of carbonyl (C=O) groups is 1. The van der Waals surface area contributed by atoms with Gasteiger partial charge in [0, 0.05) is 18.5 Å². The lowest BCUT2D eigenvalue weighted by Gasteiger charge is -2.24. The second kappa shape index (κ2) is 8.27. The quantitative estimate of drug-likeness (QED) is 0.610. The fourth-order valence-electron chi connectivity index (χ4n) is 2.18. The van der Waals surface area contributed by atoms with E-state index in [1.54, 1.807) is 0 Å². The van der Waals surface area contributed by atoms with Crippen molar-refractivity contribution in [3.63, 3.8) is 0 Å². The zero-order valence-corrected chi connectivity index (χ0v) is 13.0. The van der Waals surface area contributed by atoms with Gasteiger partial charge in [0.15, 0.2) is 0 Å². The number of alkyl halides is 1. The second-order valence-electron chi connectivity index (χ2n) is 4.77. The number of carbonyl (C=O) groups excluding carboxylic acids is 1. The summed E-state index contributed by atoms with van der Waals surface area (Å²) in [5.41, 5.74) is 1.11. The summed E-state index contributed by atoms with van der Waals surface area (Å²) in [6.07, 6.45) is 1.59. The minimum atomic E-state index is -0.0895. The van der Waals surface area contributed by atoms with Crippen LogP contribution < -0.4 is 10.1 Å². The summed E-state index contributed by atoms with van der Waals surface area (Å²) >= 11 is 3.30. The van der Waals surface area contributed by atoms with Gasteiger partial charge >= 0.3 is 0 Å². The van der Waals surface area contributed by atoms with Crippen LogP contribution in [-0.2, 0) is 16.0 Å². The molecule has 20 heavy (non-hydrogen) atoms. The van der Waals surface area contributed by atoms with Crippen LogP contribution in [0.2, 0.25) is 0 Å². The van der Waals surface area contributed by atoms with Crippen molar-refractivity contribution in [3.8, 4) is 5.75 Å². The predicted molar refractivity (Wildman–Crippen MR) is 81.4 cm³/mol. The molecule has 1 amide bonds. The van der Waals surface area contributed by atoms with Crippen LogP contribution in [-0.4, -0.2) is 37.6 Å². The van der Waals surface area contributed by atoms with Crippen LogP contribution in [0, 0.1) is 5.92 Å². The molecule has 1 aliphatic rings. The van der Waals surface area contributed by atoms with Gasteiger partial charge in [-0.15, -0.1) is 0 Å². The lowest BCUT2D eigenvalue weighted by Crippen LogP contribution is -2.38. The summed E-state index contributed by atoms with van der Waals surface area (Å²) in [6.45, 7) is 2.50. The first kappa shape index (κ1) is 15.3. The molecule has 0 saturated heterocycles. The molecule has 5 heteroatoms. The van der Waals surface area contributed by atoms with Crippen molar-refractivity contribution in [3.05, 3.63) is 29.8 Å². The van der Waals surface area contributed by atoms with E-state index < -0.39 is 0 Å². The summed E-state index contributed by atoms with van der Waals surface area (Å²) < 4.78 is 11.0. The molecule has 1 atom stereocenters. The monoisotopic (exact) mass is 341 g/mol. The largest absolute Gasteiger partial charge is 0.492 e. The first-order chi connectivity index (χ1) is 9.81. The topological polar surface area (TPSA) is 47.6 Å². The minimum Gasteiger partial charge on any atom is -0.492 e. The van der Waals surface area contributed by atoms with E-state index in [0.717, 1.165) is 29.5 Å².